The van der Waals surface area contributed by atoms with Crippen LogP contribution in [0.4, 0.5) is 0 Å². The van der Waals surface area contributed by atoms with Crippen LogP contribution in [-0.4, -0.2) is 64.6 Å². The molecule has 0 rings (SSSR count). The zero-order valence-electron chi connectivity index (χ0n) is 11.5. The molecule has 0 amide bonds. The largest absolute Gasteiger partial charge is 0.385 e. The van der Waals surface area contributed by atoms with Gasteiger partial charge in [0.05, 0.1) is 6.61 Å². The van der Waals surface area contributed by atoms with Crippen LogP contribution in [0.25, 0.3) is 0 Å². The van der Waals surface area contributed by atoms with Gasteiger partial charge in [-0.05, 0) is 34.4 Å². The van der Waals surface area contributed by atoms with E-state index < -0.39 is 0 Å². The topological polar surface area (TPSA) is 33.7 Å². The predicted molar refractivity (Wildman–Crippen MR) is 67.9 cm³/mol. The second-order valence-corrected chi connectivity index (χ2v) is 4.84. The molecule has 0 aliphatic heterocycles. The van der Waals surface area contributed by atoms with Crippen molar-refractivity contribution in [1.29, 1.82) is 0 Å². The van der Waals surface area contributed by atoms with E-state index in [1.54, 1.807) is 7.11 Å². The standard InChI is InChI=1S/C12H28N2O2/c1-12(2,14(3)4)11-13-7-10-16-9-6-8-15-5/h13H,6-11H2,1-5H3. The highest BCUT2D eigenvalue weighted by Crippen LogP contribution is 2.07. The van der Waals surface area contributed by atoms with Gasteiger partial charge in [0.15, 0.2) is 0 Å². The van der Waals surface area contributed by atoms with Crippen LogP contribution >= 0.6 is 0 Å². The molecule has 0 saturated heterocycles. The molecular weight excluding hydrogens is 204 g/mol. The average molecular weight is 232 g/mol. The monoisotopic (exact) mass is 232 g/mol. The number of nitrogens with zero attached hydrogens (tertiary/aromatic N) is 1. The number of methoxy groups -OCH3 is 1. The highest BCUT2D eigenvalue weighted by atomic mass is 16.5. The zero-order chi connectivity index (χ0) is 12.4. The Balaban J connectivity index is 3.27. The zero-order valence-corrected chi connectivity index (χ0v) is 11.5. The van der Waals surface area contributed by atoms with Gasteiger partial charge in [-0.2, -0.15) is 0 Å². The molecule has 4 heteroatoms. The van der Waals surface area contributed by atoms with E-state index in [1.807, 2.05) is 0 Å². The number of ether oxygens (including phenoxy) is 2. The van der Waals surface area contributed by atoms with E-state index in [9.17, 15) is 0 Å². The lowest BCUT2D eigenvalue weighted by Gasteiger charge is -2.32. The molecule has 98 valence electrons. The molecule has 1 N–H and O–H groups in total. The Bertz CT molecular complexity index is 161. The molecule has 0 fully saturated rings. The van der Waals surface area contributed by atoms with Gasteiger partial charge in [0, 0.05) is 39.0 Å². The van der Waals surface area contributed by atoms with E-state index >= 15 is 0 Å². The van der Waals surface area contributed by atoms with E-state index in [0.717, 1.165) is 39.3 Å². The fraction of sp³-hybridized carbons (Fsp3) is 1.00. The lowest BCUT2D eigenvalue weighted by atomic mass is 10.0. The summed E-state index contributed by atoms with van der Waals surface area (Å²) in [6.45, 7) is 8.66. The van der Waals surface area contributed by atoms with Gasteiger partial charge in [-0.25, -0.2) is 0 Å². The first-order valence-electron chi connectivity index (χ1n) is 5.95. The van der Waals surface area contributed by atoms with Crippen LogP contribution in [0.2, 0.25) is 0 Å². The lowest BCUT2D eigenvalue weighted by Crippen LogP contribution is -2.47. The summed E-state index contributed by atoms with van der Waals surface area (Å²) in [6.07, 6.45) is 0.972. The van der Waals surface area contributed by atoms with Crippen molar-refractivity contribution in [1.82, 2.24) is 10.2 Å². The van der Waals surface area contributed by atoms with Crippen LogP contribution in [0.15, 0.2) is 0 Å². The normalized spacial score (nSPS) is 12.4. The minimum absolute atomic E-state index is 0.191. The van der Waals surface area contributed by atoms with Crippen molar-refractivity contribution in [3.63, 3.8) is 0 Å². The summed E-state index contributed by atoms with van der Waals surface area (Å²) >= 11 is 0. The molecule has 4 nitrogen and oxygen atoms in total. The van der Waals surface area contributed by atoms with E-state index in [-0.39, 0.29) is 5.54 Å². The molecule has 0 atom stereocenters. The van der Waals surface area contributed by atoms with E-state index in [0.29, 0.717) is 0 Å². The van der Waals surface area contributed by atoms with Crippen molar-refractivity contribution in [3.05, 3.63) is 0 Å². The first kappa shape index (κ1) is 15.8. The molecule has 0 saturated carbocycles. The molecule has 0 aromatic rings. The maximum Gasteiger partial charge on any atom is 0.0590 e. The summed E-state index contributed by atoms with van der Waals surface area (Å²) < 4.78 is 10.4. The van der Waals surface area contributed by atoms with Crippen molar-refractivity contribution < 1.29 is 9.47 Å². The maximum absolute atomic E-state index is 5.45. The van der Waals surface area contributed by atoms with Gasteiger partial charge in [0.25, 0.3) is 0 Å². The molecule has 0 aliphatic carbocycles. The third-order valence-corrected chi connectivity index (χ3v) is 2.83. The number of likely N-dealkylation sites (N-methyl/N-ethyl adjacent to an activating group) is 1. The van der Waals surface area contributed by atoms with Gasteiger partial charge >= 0.3 is 0 Å². The molecule has 0 unspecified atom stereocenters. The minimum Gasteiger partial charge on any atom is -0.385 e. The van der Waals surface area contributed by atoms with Gasteiger partial charge in [-0.1, -0.05) is 0 Å². The third kappa shape index (κ3) is 8.05. The Morgan fingerprint density at radius 2 is 1.81 bits per heavy atom. The summed E-state index contributed by atoms with van der Waals surface area (Å²) in [5.41, 5.74) is 0.191. The van der Waals surface area contributed by atoms with Crippen molar-refractivity contribution in [2.75, 3.05) is 54.1 Å². The lowest BCUT2D eigenvalue weighted by molar-refractivity contribution is 0.101. The van der Waals surface area contributed by atoms with E-state index in [1.165, 1.54) is 0 Å². The molecule has 0 bridgehead atoms. The van der Waals surface area contributed by atoms with Crippen LogP contribution in [0.5, 0.6) is 0 Å². The summed E-state index contributed by atoms with van der Waals surface area (Å²) in [4.78, 5) is 2.22. The highest BCUT2D eigenvalue weighted by molar-refractivity contribution is 4.79. The van der Waals surface area contributed by atoms with Crippen LogP contribution < -0.4 is 5.32 Å². The fourth-order valence-corrected chi connectivity index (χ4v) is 1.10. The molecule has 0 spiro atoms. The molecular formula is C12H28N2O2. The van der Waals surface area contributed by atoms with Crippen LogP contribution in [-0.2, 0) is 9.47 Å². The van der Waals surface area contributed by atoms with Crippen LogP contribution in [0.3, 0.4) is 0 Å². The summed E-state index contributed by atoms with van der Waals surface area (Å²) in [5.74, 6) is 0. The SMILES string of the molecule is COCCCOCCNCC(C)(C)N(C)C. The van der Waals surface area contributed by atoms with Gasteiger partial charge in [0.2, 0.25) is 0 Å². The number of hydrogen-bond acceptors (Lipinski definition) is 4. The van der Waals surface area contributed by atoms with Crippen LogP contribution in [0.1, 0.15) is 20.3 Å². The van der Waals surface area contributed by atoms with Gasteiger partial charge < -0.3 is 19.7 Å². The van der Waals surface area contributed by atoms with Gasteiger partial charge in [-0.3, -0.25) is 0 Å². The van der Waals surface area contributed by atoms with Crippen LogP contribution in [0, 0.1) is 0 Å². The van der Waals surface area contributed by atoms with Gasteiger partial charge in [-0.15, -0.1) is 0 Å². The van der Waals surface area contributed by atoms with Crippen molar-refractivity contribution in [2.45, 2.75) is 25.8 Å². The Kier molecular flexibility index (Phi) is 8.84. The smallest absolute Gasteiger partial charge is 0.0590 e. The molecule has 16 heavy (non-hydrogen) atoms. The summed E-state index contributed by atoms with van der Waals surface area (Å²) in [6, 6.07) is 0. The minimum atomic E-state index is 0.191. The van der Waals surface area contributed by atoms with E-state index in [2.05, 4.69) is 38.2 Å². The average Bonchev–Trinajstić information content (AvgIpc) is 2.21. The first-order chi connectivity index (χ1) is 7.50. The molecule has 0 aromatic heterocycles. The number of hydrogen-bond donors (Lipinski definition) is 1. The van der Waals surface area contributed by atoms with Crippen molar-refractivity contribution in [3.8, 4) is 0 Å². The van der Waals surface area contributed by atoms with Gasteiger partial charge in [0.1, 0.15) is 0 Å². The molecule has 0 radical (unpaired) electrons. The quantitative estimate of drug-likeness (QED) is 0.569. The Labute approximate surface area is 100 Å². The second kappa shape index (κ2) is 8.93. The first-order valence-corrected chi connectivity index (χ1v) is 5.95. The molecule has 0 aliphatic rings. The predicted octanol–water partition coefficient (Wildman–Crippen LogP) is 0.969. The third-order valence-electron chi connectivity index (χ3n) is 2.83. The van der Waals surface area contributed by atoms with Crippen molar-refractivity contribution in [2.24, 2.45) is 0 Å². The Morgan fingerprint density at radius 3 is 2.38 bits per heavy atom. The fourth-order valence-electron chi connectivity index (χ4n) is 1.10. The Hall–Kier alpha value is -0.160. The maximum atomic E-state index is 5.45. The number of nitrogens with one attached hydrogen (secondary N) is 1. The highest BCUT2D eigenvalue weighted by Gasteiger charge is 2.18. The summed E-state index contributed by atoms with van der Waals surface area (Å²) in [7, 11) is 5.91. The Morgan fingerprint density at radius 1 is 1.12 bits per heavy atom. The molecule has 0 heterocycles. The van der Waals surface area contributed by atoms with Crippen molar-refractivity contribution >= 4 is 0 Å². The van der Waals surface area contributed by atoms with E-state index in [4.69, 9.17) is 9.47 Å². The number of rotatable bonds is 10. The second-order valence-electron chi connectivity index (χ2n) is 4.84. The molecule has 0 aromatic carbocycles. The summed E-state index contributed by atoms with van der Waals surface area (Å²) in [5, 5.41) is 3.40.